The molecule has 1 aromatic heterocycles. The van der Waals surface area contributed by atoms with Gasteiger partial charge in [0.15, 0.2) is 0 Å². The van der Waals surface area contributed by atoms with E-state index in [0.29, 0.717) is 25.0 Å². The molecule has 1 aliphatic heterocycles. The van der Waals surface area contributed by atoms with Crippen molar-refractivity contribution in [2.75, 3.05) is 6.61 Å². The average molecular weight is 426 g/mol. The van der Waals surface area contributed by atoms with Crippen LogP contribution < -0.4 is 11.0 Å². The first-order chi connectivity index (χ1) is 14.9. The summed E-state index contributed by atoms with van der Waals surface area (Å²) in [6.45, 7) is 0.673. The molecule has 1 saturated heterocycles. The van der Waals surface area contributed by atoms with Crippen LogP contribution in [0.25, 0.3) is 0 Å². The Labute approximate surface area is 176 Å². The summed E-state index contributed by atoms with van der Waals surface area (Å²) in [7, 11) is 0. The zero-order chi connectivity index (χ0) is 22.0. The van der Waals surface area contributed by atoms with Gasteiger partial charge in [-0.1, -0.05) is 12.1 Å². The zero-order valence-electron chi connectivity index (χ0n) is 16.5. The van der Waals surface area contributed by atoms with Crippen molar-refractivity contribution < 1.29 is 23.5 Å². The Kier molecular flexibility index (Phi) is 5.67. The summed E-state index contributed by atoms with van der Waals surface area (Å²) in [5, 5.41) is 8.68. The lowest BCUT2D eigenvalue weighted by atomic mass is 9.84. The smallest absolute Gasteiger partial charge is 0.274 e. The molecule has 0 radical (unpaired) electrons. The van der Waals surface area contributed by atoms with Gasteiger partial charge >= 0.3 is 0 Å². The summed E-state index contributed by atoms with van der Waals surface area (Å²) in [6, 6.07) is 12.9. The molecule has 0 saturated carbocycles. The number of pyridine rings is 1. The van der Waals surface area contributed by atoms with Crippen LogP contribution in [0, 0.1) is 11.6 Å². The zero-order valence-corrected chi connectivity index (χ0v) is 16.5. The van der Waals surface area contributed by atoms with Gasteiger partial charge in [-0.3, -0.25) is 14.8 Å². The molecule has 160 valence electrons. The number of nitrogens with zero attached hydrogens (tertiary/aromatic N) is 1. The topological polar surface area (TPSA) is 80.6 Å². The van der Waals surface area contributed by atoms with Gasteiger partial charge in [0.05, 0.1) is 6.54 Å². The predicted molar refractivity (Wildman–Crippen MR) is 108 cm³/mol. The van der Waals surface area contributed by atoms with Gasteiger partial charge in [-0.2, -0.15) is 0 Å². The summed E-state index contributed by atoms with van der Waals surface area (Å²) in [5.41, 5.74) is 1.93. The van der Waals surface area contributed by atoms with Gasteiger partial charge in [0.1, 0.15) is 17.2 Å². The highest BCUT2D eigenvalue weighted by atomic mass is 19.1. The molecule has 2 aromatic carbocycles. The van der Waals surface area contributed by atoms with E-state index in [4.69, 9.17) is 9.94 Å². The first kappa shape index (κ1) is 20.9. The van der Waals surface area contributed by atoms with E-state index in [0.717, 1.165) is 11.6 Å². The monoisotopic (exact) mass is 426 g/mol. The molecule has 6 nitrogen and oxygen atoms in total. The third kappa shape index (κ3) is 3.99. The maximum absolute atomic E-state index is 14.6. The SMILES string of the molecule is O=C(NO)c1ccc(Cn2ccc(C3(c4ccc(F)cc4F)CCCO3)cc2=O)cc1. The van der Waals surface area contributed by atoms with Crippen LogP contribution in [0.5, 0.6) is 0 Å². The molecule has 4 rings (SSSR count). The van der Waals surface area contributed by atoms with Gasteiger partial charge in [-0.15, -0.1) is 0 Å². The van der Waals surface area contributed by atoms with Crippen LogP contribution in [-0.2, 0) is 16.9 Å². The van der Waals surface area contributed by atoms with Crippen LogP contribution in [-0.4, -0.2) is 22.3 Å². The first-order valence-corrected chi connectivity index (χ1v) is 9.77. The fourth-order valence-corrected chi connectivity index (χ4v) is 3.96. The molecule has 1 fully saturated rings. The number of hydrogen-bond donors (Lipinski definition) is 2. The molecule has 2 N–H and O–H groups in total. The number of hydroxylamine groups is 1. The van der Waals surface area contributed by atoms with Crippen molar-refractivity contribution in [2.45, 2.75) is 25.0 Å². The van der Waals surface area contributed by atoms with Crippen molar-refractivity contribution in [3.63, 3.8) is 0 Å². The number of amides is 1. The van der Waals surface area contributed by atoms with Crippen molar-refractivity contribution in [3.05, 3.63) is 105 Å². The molecule has 1 atom stereocenters. The normalized spacial score (nSPS) is 18.2. The number of halogens is 2. The molecule has 1 aliphatic rings. The minimum Gasteiger partial charge on any atom is -0.365 e. The minimum absolute atomic E-state index is 0.210. The van der Waals surface area contributed by atoms with E-state index >= 15 is 0 Å². The Morgan fingerprint density at radius 2 is 1.90 bits per heavy atom. The summed E-state index contributed by atoms with van der Waals surface area (Å²) in [4.78, 5) is 24.2. The number of hydrogen-bond acceptors (Lipinski definition) is 4. The van der Waals surface area contributed by atoms with E-state index in [1.54, 1.807) is 42.0 Å². The lowest BCUT2D eigenvalue weighted by molar-refractivity contribution is 0.0328. The number of rotatable bonds is 5. The third-order valence-electron chi connectivity index (χ3n) is 5.52. The largest absolute Gasteiger partial charge is 0.365 e. The standard InChI is InChI=1S/C23H20F2N2O4/c24-18-6-7-19(20(25)13-18)23(9-1-11-31-23)17-8-10-27(21(28)12-17)14-15-2-4-16(5-3-15)22(29)26-30/h2-8,10,12-13,30H,1,9,11,14H2,(H,26,29). The molecular formula is C23H20F2N2O4. The molecular weight excluding hydrogens is 406 g/mol. The lowest BCUT2D eigenvalue weighted by Gasteiger charge is -2.30. The number of benzene rings is 2. The summed E-state index contributed by atoms with van der Waals surface area (Å²) >= 11 is 0. The number of carbonyl (C=O) groups excluding carboxylic acids is 1. The number of aromatic nitrogens is 1. The highest BCUT2D eigenvalue weighted by Crippen LogP contribution is 2.42. The van der Waals surface area contributed by atoms with Crippen molar-refractivity contribution in [2.24, 2.45) is 0 Å². The summed E-state index contributed by atoms with van der Waals surface area (Å²) in [6.07, 6.45) is 2.78. The van der Waals surface area contributed by atoms with E-state index in [1.165, 1.54) is 22.8 Å². The van der Waals surface area contributed by atoms with Crippen LogP contribution >= 0.6 is 0 Å². The van der Waals surface area contributed by atoms with E-state index in [-0.39, 0.29) is 23.2 Å². The van der Waals surface area contributed by atoms with Gasteiger partial charge in [0.2, 0.25) is 0 Å². The molecule has 0 spiro atoms. The van der Waals surface area contributed by atoms with Crippen LogP contribution in [0.1, 0.15) is 39.9 Å². The van der Waals surface area contributed by atoms with Crippen molar-refractivity contribution >= 4 is 5.91 Å². The lowest BCUT2D eigenvalue weighted by Crippen LogP contribution is -2.31. The molecule has 2 heterocycles. The second-order valence-electron chi connectivity index (χ2n) is 7.42. The number of nitrogens with one attached hydrogen (secondary N) is 1. The molecule has 1 amide bonds. The maximum atomic E-state index is 14.6. The maximum Gasteiger partial charge on any atom is 0.274 e. The van der Waals surface area contributed by atoms with Crippen molar-refractivity contribution in [1.82, 2.24) is 10.0 Å². The molecule has 8 heteroatoms. The Morgan fingerprint density at radius 1 is 1.13 bits per heavy atom. The van der Waals surface area contributed by atoms with Crippen molar-refractivity contribution in [3.8, 4) is 0 Å². The van der Waals surface area contributed by atoms with E-state index in [2.05, 4.69) is 0 Å². The third-order valence-corrected chi connectivity index (χ3v) is 5.52. The highest BCUT2D eigenvalue weighted by Gasteiger charge is 2.41. The van der Waals surface area contributed by atoms with Gasteiger partial charge < -0.3 is 9.30 Å². The Morgan fingerprint density at radius 3 is 2.52 bits per heavy atom. The van der Waals surface area contributed by atoms with Gasteiger partial charge in [0.25, 0.3) is 11.5 Å². The average Bonchev–Trinajstić information content (AvgIpc) is 3.26. The van der Waals surface area contributed by atoms with Crippen molar-refractivity contribution in [1.29, 1.82) is 0 Å². The number of carbonyl (C=O) groups is 1. The second-order valence-corrected chi connectivity index (χ2v) is 7.42. The Hall–Kier alpha value is -3.36. The Balaban J connectivity index is 1.64. The molecule has 0 bridgehead atoms. The molecule has 3 aromatic rings. The van der Waals surface area contributed by atoms with Crippen LogP contribution in [0.3, 0.4) is 0 Å². The number of ether oxygens (including phenoxy) is 1. The van der Waals surface area contributed by atoms with Crippen LogP contribution in [0.15, 0.2) is 65.6 Å². The first-order valence-electron chi connectivity index (χ1n) is 9.77. The fraction of sp³-hybridized carbons (Fsp3) is 0.217. The van der Waals surface area contributed by atoms with Gasteiger partial charge in [-0.05, 0) is 54.3 Å². The molecule has 0 aliphatic carbocycles. The van der Waals surface area contributed by atoms with Crippen LogP contribution in [0.2, 0.25) is 0 Å². The van der Waals surface area contributed by atoms with Crippen LogP contribution in [0.4, 0.5) is 8.78 Å². The molecule has 31 heavy (non-hydrogen) atoms. The Bertz CT molecular complexity index is 1170. The predicted octanol–water partition coefficient (Wildman–Crippen LogP) is 3.35. The second kappa shape index (κ2) is 8.41. The van der Waals surface area contributed by atoms with E-state index < -0.39 is 23.1 Å². The molecule has 1 unspecified atom stereocenters. The summed E-state index contributed by atoms with van der Waals surface area (Å²) < 4.78 is 35.4. The fourth-order valence-electron chi connectivity index (χ4n) is 3.96. The highest BCUT2D eigenvalue weighted by molar-refractivity contribution is 5.93. The van der Waals surface area contributed by atoms with Gasteiger partial charge in [-0.25, -0.2) is 14.3 Å². The minimum atomic E-state index is -1.13. The quantitative estimate of drug-likeness (QED) is 0.484. The van der Waals surface area contributed by atoms with E-state index in [1.807, 2.05) is 0 Å². The van der Waals surface area contributed by atoms with Gasteiger partial charge in [0, 0.05) is 36.1 Å². The van der Waals surface area contributed by atoms with E-state index in [9.17, 15) is 18.4 Å². The summed E-state index contributed by atoms with van der Waals surface area (Å²) in [5.74, 6) is -2.01.